The Kier molecular flexibility index (Phi) is 4.78. The molecular formula is C20H21N3O3S. The van der Waals surface area contributed by atoms with Crippen LogP contribution in [0.25, 0.3) is 0 Å². The highest BCUT2D eigenvalue weighted by Crippen LogP contribution is 2.31. The van der Waals surface area contributed by atoms with Crippen LogP contribution in [0.4, 0.5) is 10.8 Å². The predicted molar refractivity (Wildman–Crippen MR) is 104 cm³/mol. The van der Waals surface area contributed by atoms with Gasteiger partial charge < -0.3 is 10.2 Å². The van der Waals surface area contributed by atoms with Crippen molar-refractivity contribution in [1.29, 1.82) is 0 Å². The lowest BCUT2D eigenvalue weighted by Gasteiger charge is -2.17. The van der Waals surface area contributed by atoms with Crippen LogP contribution in [0.1, 0.15) is 47.1 Å². The molecule has 0 saturated carbocycles. The number of rotatable bonds is 4. The largest absolute Gasteiger partial charge is 0.312 e. The van der Waals surface area contributed by atoms with Gasteiger partial charge in [0.05, 0.1) is 16.5 Å². The van der Waals surface area contributed by atoms with E-state index in [1.165, 1.54) is 16.9 Å². The summed E-state index contributed by atoms with van der Waals surface area (Å²) in [5.41, 5.74) is 2.82. The number of hydrogen-bond donors (Lipinski definition) is 1. The van der Waals surface area contributed by atoms with Crippen LogP contribution in [-0.4, -0.2) is 29.1 Å². The Bertz CT molecular complexity index is 904. The minimum absolute atomic E-state index is 0.0481. The van der Waals surface area contributed by atoms with Gasteiger partial charge in [-0.05, 0) is 37.0 Å². The fourth-order valence-electron chi connectivity index (χ4n) is 3.57. The summed E-state index contributed by atoms with van der Waals surface area (Å²) in [6, 6.07) is 7.87. The third-order valence-electron chi connectivity index (χ3n) is 5.15. The standard InChI is InChI=1S/C20H21N3O3S/c1-2-12-6-8-14(9-7-12)23-11-13(10-17(23)25)19(26)22-20-21-15-4-3-5-16(24)18(15)27-20/h6-9,13H,2-5,10-11H2,1H3,(H,21,22,26). The topological polar surface area (TPSA) is 79.4 Å². The highest BCUT2D eigenvalue weighted by Gasteiger charge is 2.35. The van der Waals surface area contributed by atoms with Crippen LogP contribution in [0.15, 0.2) is 24.3 Å². The Morgan fingerprint density at radius 2 is 2.04 bits per heavy atom. The van der Waals surface area contributed by atoms with Gasteiger partial charge in [-0.25, -0.2) is 4.98 Å². The maximum atomic E-state index is 12.6. The summed E-state index contributed by atoms with van der Waals surface area (Å²) in [6.45, 7) is 2.45. The molecule has 4 rings (SSSR count). The smallest absolute Gasteiger partial charge is 0.231 e. The second-order valence-corrected chi connectivity index (χ2v) is 7.99. The van der Waals surface area contributed by atoms with Crippen molar-refractivity contribution in [2.45, 2.75) is 39.0 Å². The zero-order chi connectivity index (χ0) is 19.0. The molecule has 0 bridgehead atoms. The third kappa shape index (κ3) is 3.51. The molecule has 2 amide bonds. The summed E-state index contributed by atoms with van der Waals surface area (Å²) in [4.78, 5) is 43.7. The van der Waals surface area contributed by atoms with E-state index < -0.39 is 5.92 Å². The number of carbonyl (C=O) groups excluding carboxylic acids is 3. The Labute approximate surface area is 161 Å². The van der Waals surface area contributed by atoms with Gasteiger partial charge in [0.15, 0.2) is 10.9 Å². The van der Waals surface area contributed by atoms with Gasteiger partial charge in [0.25, 0.3) is 0 Å². The number of nitrogens with one attached hydrogen (secondary N) is 1. The van der Waals surface area contributed by atoms with Crippen LogP contribution < -0.4 is 10.2 Å². The molecule has 1 unspecified atom stereocenters. The minimum atomic E-state index is -0.417. The van der Waals surface area contributed by atoms with E-state index in [2.05, 4.69) is 17.2 Å². The Morgan fingerprint density at radius 3 is 2.74 bits per heavy atom. The number of amides is 2. The number of aryl methyl sites for hydroxylation is 2. The van der Waals surface area contributed by atoms with Crippen molar-refractivity contribution in [3.63, 3.8) is 0 Å². The molecular weight excluding hydrogens is 362 g/mol. The lowest BCUT2D eigenvalue weighted by Crippen LogP contribution is -2.28. The maximum absolute atomic E-state index is 12.6. The van der Waals surface area contributed by atoms with Gasteiger partial charge in [0.2, 0.25) is 11.8 Å². The first-order chi connectivity index (χ1) is 13.0. The lowest BCUT2D eigenvalue weighted by molar-refractivity contribution is -0.122. The molecule has 6 nitrogen and oxygen atoms in total. The molecule has 2 aliphatic rings. The highest BCUT2D eigenvalue weighted by molar-refractivity contribution is 7.17. The number of ketones is 1. The summed E-state index contributed by atoms with van der Waals surface area (Å²) in [5.74, 6) is -0.574. The van der Waals surface area contributed by atoms with Crippen molar-refractivity contribution in [2.75, 3.05) is 16.8 Å². The predicted octanol–water partition coefficient (Wildman–Crippen LogP) is 3.22. The normalized spacial score (nSPS) is 19.3. The van der Waals surface area contributed by atoms with E-state index in [1.54, 1.807) is 4.90 Å². The van der Waals surface area contributed by atoms with Crippen molar-refractivity contribution in [3.05, 3.63) is 40.4 Å². The van der Waals surface area contributed by atoms with E-state index in [0.29, 0.717) is 23.0 Å². The Balaban J connectivity index is 1.44. The fraction of sp³-hybridized carbons (Fsp3) is 0.400. The summed E-state index contributed by atoms with van der Waals surface area (Å²) in [7, 11) is 0. The Hall–Kier alpha value is -2.54. The molecule has 0 spiro atoms. The first-order valence-electron chi connectivity index (χ1n) is 9.28. The van der Waals surface area contributed by atoms with E-state index in [1.807, 2.05) is 24.3 Å². The minimum Gasteiger partial charge on any atom is -0.312 e. The monoisotopic (exact) mass is 383 g/mol. The average molecular weight is 383 g/mol. The summed E-state index contributed by atoms with van der Waals surface area (Å²) >= 11 is 1.24. The number of benzene rings is 1. The molecule has 1 saturated heterocycles. The fourth-order valence-corrected chi connectivity index (χ4v) is 4.56. The number of aromatic nitrogens is 1. The van der Waals surface area contributed by atoms with E-state index in [-0.39, 0.29) is 24.0 Å². The molecule has 27 heavy (non-hydrogen) atoms. The number of hydrogen-bond acceptors (Lipinski definition) is 5. The van der Waals surface area contributed by atoms with Crippen molar-refractivity contribution in [1.82, 2.24) is 4.98 Å². The SMILES string of the molecule is CCc1ccc(N2CC(C(=O)Nc3nc4c(s3)C(=O)CCC4)CC2=O)cc1. The number of nitrogens with zero attached hydrogens (tertiary/aromatic N) is 2. The molecule has 1 aromatic carbocycles. The van der Waals surface area contributed by atoms with Crippen LogP contribution in [0, 0.1) is 5.92 Å². The van der Waals surface area contributed by atoms with Gasteiger partial charge in [0, 0.05) is 25.1 Å². The highest BCUT2D eigenvalue weighted by atomic mass is 32.1. The third-order valence-corrected chi connectivity index (χ3v) is 6.20. The van der Waals surface area contributed by atoms with Crippen LogP contribution in [-0.2, 0) is 22.4 Å². The molecule has 1 aliphatic carbocycles. The van der Waals surface area contributed by atoms with E-state index in [0.717, 1.165) is 30.6 Å². The van der Waals surface area contributed by atoms with Crippen molar-refractivity contribution in [2.24, 2.45) is 5.92 Å². The van der Waals surface area contributed by atoms with Crippen molar-refractivity contribution < 1.29 is 14.4 Å². The number of anilines is 2. The second kappa shape index (κ2) is 7.23. The molecule has 2 heterocycles. The summed E-state index contributed by atoms with van der Waals surface area (Å²) < 4.78 is 0. The maximum Gasteiger partial charge on any atom is 0.231 e. The van der Waals surface area contributed by atoms with Crippen molar-refractivity contribution >= 4 is 39.8 Å². The number of fused-ring (bicyclic) bond motifs is 1. The first-order valence-corrected chi connectivity index (χ1v) is 10.1. The zero-order valence-corrected chi connectivity index (χ0v) is 16.0. The molecule has 1 fully saturated rings. The van der Waals surface area contributed by atoms with E-state index in [9.17, 15) is 14.4 Å². The molecule has 7 heteroatoms. The van der Waals surface area contributed by atoms with E-state index >= 15 is 0 Å². The quantitative estimate of drug-likeness (QED) is 0.879. The molecule has 2 aromatic rings. The van der Waals surface area contributed by atoms with Crippen LogP contribution >= 0.6 is 11.3 Å². The average Bonchev–Trinajstić information content (AvgIpc) is 3.26. The molecule has 140 valence electrons. The molecule has 1 aromatic heterocycles. The van der Waals surface area contributed by atoms with Crippen LogP contribution in [0.3, 0.4) is 0 Å². The number of Topliss-reactive ketones (excluding diaryl/α,β-unsaturated/α-hetero) is 1. The number of carbonyl (C=O) groups is 3. The molecule has 1 N–H and O–H groups in total. The lowest BCUT2D eigenvalue weighted by atomic mass is 10.0. The van der Waals surface area contributed by atoms with Crippen LogP contribution in [0.5, 0.6) is 0 Å². The van der Waals surface area contributed by atoms with Gasteiger partial charge in [-0.3, -0.25) is 14.4 Å². The van der Waals surface area contributed by atoms with Crippen LogP contribution in [0.2, 0.25) is 0 Å². The summed E-state index contributed by atoms with van der Waals surface area (Å²) in [5, 5.41) is 3.27. The zero-order valence-electron chi connectivity index (χ0n) is 15.2. The molecule has 0 radical (unpaired) electrons. The second-order valence-electron chi connectivity index (χ2n) is 6.99. The van der Waals surface area contributed by atoms with E-state index in [4.69, 9.17) is 0 Å². The van der Waals surface area contributed by atoms with Gasteiger partial charge in [-0.2, -0.15) is 0 Å². The van der Waals surface area contributed by atoms with Gasteiger partial charge in [0.1, 0.15) is 0 Å². The van der Waals surface area contributed by atoms with Gasteiger partial charge in [-0.1, -0.05) is 30.4 Å². The first kappa shape index (κ1) is 17.9. The molecule has 1 aliphatic heterocycles. The molecule has 1 atom stereocenters. The van der Waals surface area contributed by atoms with Crippen molar-refractivity contribution in [3.8, 4) is 0 Å². The Morgan fingerprint density at radius 1 is 1.26 bits per heavy atom. The summed E-state index contributed by atoms with van der Waals surface area (Å²) in [6.07, 6.45) is 3.26. The number of thiazole rings is 1. The van der Waals surface area contributed by atoms with Gasteiger partial charge in [-0.15, -0.1) is 0 Å². The van der Waals surface area contributed by atoms with Gasteiger partial charge >= 0.3 is 0 Å².